The van der Waals surface area contributed by atoms with Crippen LogP contribution in [0.2, 0.25) is 0 Å². The lowest BCUT2D eigenvalue weighted by Crippen LogP contribution is -2.42. The Morgan fingerprint density at radius 1 is 0.829 bits per heavy atom. The van der Waals surface area contributed by atoms with E-state index in [1.807, 2.05) is 54.6 Å². The topological polar surface area (TPSA) is 86.6 Å². The van der Waals surface area contributed by atoms with Gasteiger partial charge in [-0.2, -0.15) is 0 Å². The van der Waals surface area contributed by atoms with E-state index in [1.165, 1.54) is 18.2 Å². The highest BCUT2D eigenvalue weighted by Crippen LogP contribution is 2.27. The summed E-state index contributed by atoms with van der Waals surface area (Å²) in [5.41, 5.74) is 4.46. The monoisotopic (exact) mass is 469 g/mol. The Kier molecular flexibility index (Phi) is 6.92. The van der Waals surface area contributed by atoms with Crippen molar-refractivity contribution in [2.45, 2.75) is 19.4 Å². The second kappa shape index (κ2) is 10.2. The van der Waals surface area contributed by atoms with E-state index in [4.69, 9.17) is 0 Å². The van der Waals surface area contributed by atoms with Gasteiger partial charge in [0.2, 0.25) is 0 Å². The molecule has 6 heteroatoms. The van der Waals surface area contributed by atoms with Crippen molar-refractivity contribution in [1.82, 2.24) is 5.32 Å². The Labute approximate surface area is 202 Å². The fourth-order valence-corrected chi connectivity index (χ4v) is 3.86. The number of carbonyl (C=O) groups is 2. The summed E-state index contributed by atoms with van der Waals surface area (Å²) in [7, 11) is 0. The van der Waals surface area contributed by atoms with Crippen molar-refractivity contribution < 1.29 is 24.2 Å². The van der Waals surface area contributed by atoms with Gasteiger partial charge in [0, 0.05) is 6.42 Å². The standard InChI is InChI=1S/C29H24FNO4/c1-18-15-22(11-13-25(18)30)23-12-14-27(32)24(17-23)28(33)31-26(29(34)35)16-19-7-9-21(10-8-19)20-5-3-2-4-6-20/h2-15,17,26,32H,16H2,1H3,(H,31,33)(H,34,35). The molecule has 3 N–H and O–H groups in total. The van der Waals surface area contributed by atoms with Crippen molar-refractivity contribution in [3.8, 4) is 28.0 Å². The van der Waals surface area contributed by atoms with E-state index in [9.17, 15) is 24.2 Å². The predicted molar refractivity (Wildman–Crippen MR) is 133 cm³/mol. The van der Waals surface area contributed by atoms with Gasteiger partial charge in [0.05, 0.1) is 5.56 Å². The summed E-state index contributed by atoms with van der Waals surface area (Å²) in [4.78, 5) is 24.8. The van der Waals surface area contributed by atoms with Crippen molar-refractivity contribution in [3.05, 3.63) is 114 Å². The molecule has 0 bridgehead atoms. The first kappa shape index (κ1) is 23.7. The minimum atomic E-state index is -1.19. The molecule has 176 valence electrons. The zero-order chi connectivity index (χ0) is 24.9. The normalized spacial score (nSPS) is 11.6. The predicted octanol–water partition coefficient (Wildman–Crippen LogP) is 5.60. The van der Waals surface area contributed by atoms with Gasteiger partial charge in [-0.3, -0.25) is 4.79 Å². The third-order valence-corrected chi connectivity index (χ3v) is 5.84. The Hall–Kier alpha value is -4.45. The molecule has 1 atom stereocenters. The number of aryl methyl sites for hydroxylation is 1. The maximum Gasteiger partial charge on any atom is 0.326 e. The van der Waals surface area contributed by atoms with Gasteiger partial charge in [-0.25, -0.2) is 9.18 Å². The summed E-state index contributed by atoms with van der Waals surface area (Å²) in [6.45, 7) is 1.64. The second-order valence-electron chi connectivity index (χ2n) is 8.33. The fourth-order valence-electron chi connectivity index (χ4n) is 3.86. The summed E-state index contributed by atoms with van der Waals surface area (Å²) in [5, 5.41) is 22.5. The molecule has 35 heavy (non-hydrogen) atoms. The van der Waals surface area contributed by atoms with Crippen LogP contribution in [-0.2, 0) is 11.2 Å². The number of phenolic OH excluding ortho intramolecular Hbond substituents is 1. The van der Waals surface area contributed by atoms with Crippen LogP contribution in [0.25, 0.3) is 22.3 Å². The van der Waals surface area contributed by atoms with Crippen LogP contribution in [-0.4, -0.2) is 28.1 Å². The summed E-state index contributed by atoms with van der Waals surface area (Å²) in [6.07, 6.45) is 0.0771. The van der Waals surface area contributed by atoms with Crippen LogP contribution in [0, 0.1) is 12.7 Å². The van der Waals surface area contributed by atoms with E-state index < -0.39 is 17.9 Å². The largest absolute Gasteiger partial charge is 0.507 e. The van der Waals surface area contributed by atoms with E-state index >= 15 is 0 Å². The summed E-state index contributed by atoms with van der Waals surface area (Å²) < 4.78 is 13.6. The highest BCUT2D eigenvalue weighted by Gasteiger charge is 2.23. The molecule has 1 amide bonds. The number of carboxylic acid groups (broad SMARTS) is 1. The molecule has 0 aliphatic rings. The molecule has 1 unspecified atom stereocenters. The molecular weight excluding hydrogens is 445 g/mol. The van der Waals surface area contributed by atoms with Crippen LogP contribution < -0.4 is 5.32 Å². The molecule has 0 radical (unpaired) electrons. The third-order valence-electron chi connectivity index (χ3n) is 5.84. The number of phenols is 1. The Morgan fingerprint density at radius 2 is 1.43 bits per heavy atom. The van der Waals surface area contributed by atoms with Crippen molar-refractivity contribution in [3.63, 3.8) is 0 Å². The van der Waals surface area contributed by atoms with Gasteiger partial charge in [0.25, 0.3) is 5.91 Å². The van der Waals surface area contributed by atoms with Gasteiger partial charge >= 0.3 is 5.97 Å². The number of hydrogen-bond donors (Lipinski definition) is 3. The number of halogens is 1. The Balaban J connectivity index is 1.52. The minimum absolute atomic E-state index is 0.0600. The van der Waals surface area contributed by atoms with Crippen LogP contribution in [0.3, 0.4) is 0 Å². The zero-order valence-corrected chi connectivity index (χ0v) is 19.0. The number of rotatable bonds is 7. The van der Waals surface area contributed by atoms with E-state index in [1.54, 1.807) is 25.1 Å². The lowest BCUT2D eigenvalue weighted by molar-refractivity contribution is -0.139. The number of carboxylic acids is 1. The van der Waals surface area contributed by atoms with Crippen LogP contribution >= 0.6 is 0 Å². The highest BCUT2D eigenvalue weighted by atomic mass is 19.1. The van der Waals surface area contributed by atoms with Crippen molar-refractivity contribution in [2.75, 3.05) is 0 Å². The highest BCUT2D eigenvalue weighted by molar-refractivity contribution is 6.00. The molecule has 4 aromatic carbocycles. The van der Waals surface area contributed by atoms with Gasteiger partial charge in [0.1, 0.15) is 17.6 Å². The van der Waals surface area contributed by atoms with Gasteiger partial charge in [-0.05, 0) is 64.6 Å². The summed E-state index contributed by atoms with van der Waals surface area (Å²) in [5.74, 6) is -2.51. The first-order valence-corrected chi connectivity index (χ1v) is 11.1. The minimum Gasteiger partial charge on any atom is -0.507 e. The smallest absolute Gasteiger partial charge is 0.326 e. The van der Waals surface area contributed by atoms with E-state index in [0.717, 1.165) is 16.7 Å². The van der Waals surface area contributed by atoms with Crippen LogP contribution in [0.4, 0.5) is 4.39 Å². The Bertz CT molecular complexity index is 1370. The number of aliphatic carboxylic acids is 1. The number of carbonyl (C=O) groups excluding carboxylic acids is 1. The molecule has 4 rings (SSSR count). The molecule has 4 aromatic rings. The van der Waals surface area contributed by atoms with Crippen LogP contribution in [0.1, 0.15) is 21.5 Å². The lowest BCUT2D eigenvalue weighted by Gasteiger charge is -2.16. The van der Waals surface area contributed by atoms with Gasteiger partial charge in [-0.15, -0.1) is 0 Å². The number of benzene rings is 4. The number of amides is 1. The molecule has 0 saturated carbocycles. The summed E-state index contributed by atoms with van der Waals surface area (Å²) in [6, 6.07) is 25.1. The van der Waals surface area contributed by atoms with Gasteiger partial charge in [-0.1, -0.05) is 66.7 Å². The number of hydrogen-bond acceptors (Lipinski definition) is 3. The molecule has 0 aromatic heterocycles. The van der Waals surface area contributed by atoms with Crippen molar-refractivity contribution >= 4 is 11.9 Å². The maximum atomic E-state index is 13.6. The third kappa shape index (κ3) is 5.55. The summed E-state index contributed by atoms with van der Waals surface area (Å²) >= 11 is 0. The van der Waals surface area contributed by atoms with E-state index in [2.05, 4.69) is 5.32 Å². The quantitative estimate of drug-likeness (QED) is 0.329. The zero-order valence-electron chi connectivity index (χ0n) is 19.0. The van der Waals surface area contributed by atoms with Crippen molar-refractivity contribution in [2.24, 2.45) is 0 Å². The first-order valence-electron chi connectivity index (χ1n) is 11.1. The van der Waals surface area contributed by atoms with Gasteiger partial charge < -0.3 is 15.5 Å². The van der Waals surface area contributed by atoms with Crippen LogP contribution in [0.5, 0.6) is 5.75 Å². The SMILES string of the molecule is Cc1cc(-c2ccc(O)c(C(=O)NC(Cc3ccc(-c4ccccc4)cc3)C(=O)O)c2)ccc1F. The molecule has 0 aliphatic carbocycles. The van der Waals surface area contributed by atoms with E-state index in [-0.39, 0.29) is 23.6 Å². The Morgan fingerprint density at radius 3 is 2.09 bits per heavy atom. The first-order chi connectivity index (χ1) is 16.8. The fraction of sp³-hybridized carbons (Fsp3) is 0.103. The number of aromatic hydroxyl groups is 1. The lowest BCUT2D eigenvalue weighted by atomic mass is 9.99. The number of nitrogens with one attached hydrogen (secondary N) is 1. The van der Waals surface area contributed by atoms with Crippen molar-refractivity contribution in [1.29, 1.82) is 0 Å². The van der Waals surface area contributed by atoms with E-state index in [0.29, 0.717) is 16.7 Å². The second-order valence-corrected chi connectivity index (χ2v) is 8.33. The molecule has 5 nitrogen and oxygen atoms in total. The molecular formula is C29H24FNO4. The molecule has 0 saturated heterocycles. The molecule has 0 aliphatic heterocycles. The average molecular weight is 470 g/mol. The molecule has 0 spiro atoms. The van der Waals surface area contributed by atoms with Gasteiger partial charge in [0.15, 0.2) is 0 Å². The maximum absolute atomic E-state index is 13.6. The average Bonchev–Trinajstić information content (AvgIpc) is 2.86. The molecule has 0 heterocycles. The van der Waals surface area contributed by atoms with Crippen LogP contribution in [0.15, 0.2) is 91.0 Å². The molecule has 0 fully saturated rings.